The highest BCUT2D eigenvalue weighted by Gasteiger charge is 2.06. The standard InChI is InChI=1S/C30H42O4/c1-5-6-7-10-13-25(4)34-29-20-16-27(17-21-29)26-14-18-28(19-15-26)32-22-11-8-9-12-23-33-30(31)24(2)3/h14-21,25H,2,5-13,22-23H2,1,3-4H3/t25-/m1/s1. The number of hydrogen-bond acceptors (Lipinski definition) is 4. The van der Waals surface area contributed by atoms with E-state index in [0.717, 1.165) is 49.2 Å². The molecule has 2 rings (SSSR count). The molecule has 0 aliphatic rings. The number of benzene rings is 2. The smallest absolute Gasteiger partial charge is 0.333 e. The highest BCUT2D eigenvalue weighted by atomic mass is 16.5. The lowest BCUT2D eigenvalue weighted by Gasteiger charge is -2.15. The molecule has 0 radical (unpaired) electrons. The monoisotopic (exact) mass is 466 g/mol. The van der Waals surface area contributed by atoms with Crippen molar-refractivity contribution in [1.29, 1.82) is 0 Å². The summed E-state index contributed by atoms with van der Waals surface area (Å²) in [5.74, 6) is 1.51. The Morgan fingerprint density at radius 3 is 1.94 bits per heavy atom. The lowest BCUT2D eigenvalue weighted by atomic mass is 10.1. The van der Waals surface area contributed by atoms with E-state index in [1.54, 1.807) is 6.92 Å². The highest BCUT2D eigenvalue weighted by molar-refractivity contribution is 5.86. The third kappa shape index (κ3) is 10.9. The van der Waals surface area contributed by atoms with Gasteiger partial charge in [-0.1, -0.05) is 57.0 Å². The van der Waals surface area contributed by atoms with Crippen LogP contribution in [0.5, 0.6) is 11.5 Å². The second kappa shape index (κ2) is 16.0. The van der Waals surface area contributed by atoms with Crippen LogP contribution in [-0.2, 0) is 9.53 Å². The molecule has 0 aliphatic heterocycles. The molecule has 0 bridgehead atoms. The van der Waals surface area contributed by atoms with E-state index in [9.17, 15) is 4.79 Å². The Balaban J connectivity index is 1.65. The first-order chi connectivity index (χ1) is 16.5. The molecule has 34 heavy (non-hydrogen) atoms. The molecule has 1 atom stereocenters. The van der Waals surface area contributed by atoms with Crippen molar-refractivity contribution in [1.82, 2.24) is 0 Å². The normalized spacial score (nSPS) is 11.6. The topological polar surface area (TPSA) is 44.8 Å². The molecular formula is C30H42O4. The van der Waals surface area contributed by atoms with E-state index in [2.05, 4.69) is 56.8 Å². The van der Waals surface area contributed by atoms with Crippen LogP contribution in [0.25, 0.3) is 11.1 Å². The fourth-order valence-corrected chi connectivity index (χ4v) is 3.66. The first-order valence-corrected chi connectivity index (χ1v) is 12.8. The summed E-state index contributed by atoms with van der Waals surface area (Å²) in [7, 11) is 0. The van der Waals surface area contributed by atoms with Gasteiger partial charge in [0, 0.05) is 5.57 Å². The maximum Gasteiger partial charge on any atom is 0.333 e. The zero-order chi connectivity index (χ0) is 24.6. The number of unbranched alkanes of at least 4 members (excludes halogenated alkanes) is 6. The van der Waals surface area contributed by atoms with Crippen LogP contribution in [0.3, 0.4) is 0 Å². The molecule has 186 valence electrons. The van der Waals surface area contributed by atoms with Gasteiger partial charge < -0.3 is 14.2 Å². The van der Waals surface area contributed by atoms with Gasteiger partial charge in [-0.05, 0) is 87.8 Å². The van der Waals surface area contributed by atoms with Gasteiger partial charge in [-0.15, -0.1) is 0 Å². The maximum absolute atomic E-state index is 11.3. The van der Waals surface area contributed by atoms with Crippen molar-refractivity contribution < 1.29 is 19.0 Å². The Bertz CT molecular complexity index is 839. The van der Waals surface area contributed by atoms with Gasteiger partial charge in [-0.3, -0.25) is 0 Å². The Hall–Kier alpha value is -2.75. The van der Waals surface area contributed by atoms with E-state index in [0.29, 0.717) is 18.8 Å². The van der Waals surface area contributed by atoms with Crippen molar-refractivity contribution in [3.63, 3.8) is 0 Å². The minimum Gasteiger partial charge on any atom is -0.494 e. The van der Waals surface area contributed by atoms with Crippen LogP contribution in [0.2, 0.25) is 0 Å². The molecule has 4 heteroatoms. The average Bonchev–Trinajstić information content (AvgIpc) is 2.84. The van der Waals surface area contributed by atoms with Gasteiger partial charge in [0.15, 0.2) is 0 Å². The van der Waals surface area contributed by atoms with Gasteiger partial charge in [0.1, 0.15) is 11.5 Å². The van der Waals surface area contributed by atoms with Crippen molar-refractivity contribution in [2.75, 3.05) is 13.2 Å². The number of esters is 1. The highest BCUT2D eigenvalue weighted by Crippen LogP contribution is 2.25. The molecule has 2 aromatic carbocycles. The fourth-order valence-electron chi connectivity index (χ4n) is 3.66. The number of hydrogen-bond donors (Lipinski definition) is 0. The predicted molar refractivity (Wildman–Crippen MR) is 140 cm³/mol. The van der Waals surface area contributed by atoms with Crippen LogP contribution in [-0.4, -0.2) is 25.3 Å². The molecule has 0 aliphatic carbocycles. The number of rotatable bonds is 17. The van der Waals surface area contributed by atoms with Crippen molar-refractivity contribution in [2.45, 2.75) is 84.7 Å². The second-order valence-electron chi connectivity index (χ2n) is 9.01. The van der Waals surface area contributed by atoms with E-state index in [-0.39, 0.29) is 12.1 Å². The Labute approximate surface area is 206 Å². The molecule has 0 spiro atoms. The Kier molecular flexibility index (Phi) is 12.9. The molecule has 0 unspecified atom stereocenters. The van der Waals surface area contributed by atoms with E-state index in [1.807, 2.05) is 12.1 Å². The average molecular weight is 467 g/mol. The van der Waals surface area contributed by atoms with Crippen molar-refractivity contribution in [2.24, 2.45) is 0 Å². The summed E-state index contributed by atoms with van der Waals surface area (Å²) < 4.78 is 17.0. The maximum atomic E-state index is 11.3. The summed E-state index contributed by atoms with van der Waals surface area (Å²) in [6, 6.07) is 16.6. The van der Waals surface area contributed by atoms with Crippen LogP contribution in [0.4, 0.5) is 0 Å². The second-order valence-corrected chi connectivity index (χ2v) is 9.01. The van der Waals surface area contributed by atoms with Gasteiger partial charge in [0.25, 0.3) is 0 Å². The largest absolute Gasteiger partial charge is 0.494 e. The summed E-state index contributed by atoms with van der Waals surface area (Å²) in [6.07, 6.45) is 10.4. The third-order valence-electron chi connectivity index (χ3n) is 5.73. The van der Waals surface area contributed by atoms with Gasteiger partial charge in [-0.25, -0.2) is 4.79 Å². The molecule has 0 amide bonds. The number of carbonyl (C=O) groups is 1. The number of carbonyl (C=O) groups excluding carboxylic acids is 1. The van der Waals surface area contributed by atoms with Gasteiger partial charge in [0.2, 0.25) is 0 Å². The fraction of sp³-hybridized carbons (Fsp3) is 0.500. The van der Waals surface area contributed by atoms with E-state index >= 15 is 0 Å². The Morgan fingerprint density at radius 2 is 1.35 bits per heavy atom. The van der Waals surface area contributed by atoms with Gasteiger partial charge >= 0.3 is 5.97 Å². The lowest BCUT2D eigenvalue weighted by Crippen LogP contribution is -2.11. The quantitative estimate of drug-likeness (QED) is 0.134. The molecular weight excluding hydrogens is 424 g/mol. The van der Waals surface area contributed by atoms with E-state index < -0.39 is 0 Å². The Morgan fingerprint density at radius 1 is 0.794 bits per heavy atom. The van der Waals surface area contributed by atoms with E-state index in [4.69, 9.17) is 14.2 Å². The molecule has 0 aromatic heterocycles. The zero-order valence-corrected chi connectivity index (χ0v) is 21.3. The van der Waals surface area contributed by atoms with Crippen molar-refractivity contribution in [3.8, 4) is 22.6 Å². The lowest BCUT2D eigenvalue weighted by molar-refractivity contribution is -0.139. The summed E-state index contributed by atoms with van der Waals surface area (Å²) in [5.41, 5.74) is 2.78. The van der Waals surface area contributed by atoms with Crippen LogP contribution in [0.1, 0.15) is 78.6 Å². The SMILES string of the molecule is C=C(C)C(=O)OCCCCCCOc1ccc(-c2ccc(O[C@H](C)CCCCCC)cc2)cc1. The molecule has 0 fully saturated rings. The van der Waals surface area contributed by atoms with Crippen LogP contribution < -0.4 is 9.47 Å². The molecule has 0 heterocycles. The van der Waals surface area contributed by atoms with Gasteiger partial charge in [0.05, 0.1) is 19.3 Å². The van der Waals surface area contributed by atoms with E-state index in [1.165, 1.54) is 31.2 Å². The first-order valence-electron chi connectivity index (χ1n) is 12.8. The van der Waals surface area contributed by atoms with Crippen LogP contribution >= 0.6 is 0 Å². The van der Waals surface area contributed by atoms with Crippen molar-refractivity contribution in [3.05, 3.63) is 60.7 Å². The molecule has 0 saturated carbocycles. The molecule has 0 N–H and O–H groups in total. The summed E-state index contributed by atoms with van der Waals surface area (Å²) in [5, 5.41) is 0. The molecule has 0 saturated heterocycles. The van der Waals surface area contributed by atoms with Crippen molar-refractivity contribution >= 4 is 5.97 Å². The predicted octanol–water partition coefficient (Wildman–Crippen LogP) is 8.15. The summed E-state index contributed by atoms with van der Waals surface area (Å²) in [4.78, 5) is 11.3. The van der Waals surface area contributed by atoms with Crippen LogP contribution in [0.15, 0.2) is 60.7 Å². The van der Waals surface area contributed by atoms with Gasteiger partial charge in [-0.2, -0.15) is 0 Å². The third-order valence-corrected chi connectivity index (χ3v) is 5.73. The first kappa shape index (κ1) is 27.5. The summed E-state index contributed by atoms with van der Waals surface area (Å²) in [6.45, 7) is 10.8. The van der Waals surface area contributed by atoms with Crippen LogP contribution in [0, 0.1) is 0 Å². The minimum atomic E-state index is -0.307. The zero-order valence-electron chi connectivity index (χ0n) is 21.3. The molecule has 4 nitrogen and oxygen atoms in total. The summed E-state index contributed by atoms with van der Waals surface area (Å²) >= 11 is 0. The molecule has 2 aromatic rings. The minimum absolute atomic E-state index is 0.248. The number of ether oxygens (including phenoxy) is 3.